The van der Waals surface area contributed by atoms with E-state index in [1.54, 1.807) is 7.11 Å². The lowest BCUT2D eigenvalue weighted by molar-refractivity contribution is -0.0176. The molecule has 0 saturated carbocycles. The Morgan fingerprint density at radius 3 is 2.38 bits per heavy atom. The summed E-state index contributed by atoms with van der Waals surface area (Å²) in [6.45, 7) is 5.54. The van der Waals surface area contributed by atoms with Crippen LogP contribution in [-0.4, -0.2) is 20.3 Å². The quantitative estimate of drug-likeness (QED) is 0.721. The standard InChI is InChI=1S/C13H21NO2/c1-11(2)9-16-14-13(10-15-3)12-7-5-4-6-8-12/h4-8,11,13-14H,9-10H2,1-3H3. The van der Waals surface area contributed by atoms with E-state index < -0.39 is 0 Å². The summed E-state index contributed by atoms with van der Waals surface area (Å²) in [6.07, 6.45) is 0. The van der Waals surface area contributed by atoms with E-state index >= 15 is 0 Å². The van der Waals surface area contributed by atoms with Crippen molar-refractivity contribution in [3.63, 3.8) is 0 Å². The van der Waals surface area contributed by atoms with Crippen molar-refractivity contribution >= 4 is 0 Å². The molecule has 0 heterocycles. The summed E-state index contributed by atoms with van der Waals surface area (Å²) in [4.78, 5) is 5.43. The summed E-state index contributed by atoms with van der Waals surface area (Å²) in [5, 5.41) is 0. The number of hydrogen-bond acceptors (Lipinski definition) is 3. The summed E-state index contributed by atoms with van der Waals surface area (Å²) in [6, 6.07) is 10.3. The van der Waals surface area contributed by atoms with E-state index in [1.165, 1.54) is 5.56 Å². The maximum atomic E-state index is 5.43. The minimum absolute atomic E-state index is 0.0879. The van der Waals surface area contributed by atoms with Crippen molar-refractivity contribution in [2.45, 2.75) is 19.9 Å². The predicted octanol–water partition coefficient (Wildman–Crippen LogP) is 2.55. The highest BCUT2D eigenvalue weighted by molar-refractivity contribution is 5.18. The van der Waals surface area contributed by atoms with E-state index in [9.17, 15) is 0 Å². The first-order valence-corrected chi connectivity index (χ1v) is 5.65. The van der Waals surface area contributed by atoms with Gasteiger partial charge in [-0.2, -0.15) is 5.48 Å². The Hall–Kier alpha value is -0.900. The molecule has 16 heavy (non-hydrogen) atoms. The summed E-state index contributed by atoms with van der Waals surface area (Å²) in [5.74, 6) is 0.520. The zero-order valence-electron chi connectivity index (χ0n) is 10.3. The topological polar surface area (TPSA) is 30.5 Å². The van der Waals surface area contributed by atoms with Crippen LogP contribution in [0.1, 0.15) is 25.5 Å². The van der Waals surface area contributed by atoms with Crippen LogP contribution in [0.2, 0.25) is 0 Å². The Morgan fingerprint density at radius 2 is 1.81 bits per heavy atom. The Morgan fingerprint density at radius 1 is 1.12 bits per heavy atom. The van der Waals surface area contributed by atoms with Gasteiger partial charge in [-0.05, 0) is 11.5 Å². The van der Waals surface area contributed by atoms with E-state index in [-0.39, 0.29) is 6.04 Å². The van der Waals surface area contributed by atoms with Gasteiger partial charge in [0.05, 0.1) is 19.3 Å². The van der Waals surface area contributed by atoms with Gasteiger partial charge in [0, 0.05) is 7.11 Å². The first kappa shape index (κ1) is 13.2. The number of benzene rings is 1. The van der Waals surface area contributed by atoms with Crippen LogP contribution in [0.5, 0.6) is 0 Å². The Kier molecular flexibility index (Phi) is 6.08. The van der Waals surface area contributed by atoms with E-state index in [0.717, 1.165) is 0 Å². The summed E-state index contributed by atoms with van der Waals surface area (Å²) in [7, 11) is 1.69. The third-order valence-electron chi connectivity index (χ3n) is 2.18. The van der Waals surface area contributed by atoms with Crippen LogP contribution in [0.3, 0.4) is 0 Å². The van der Waals surface area contributed by atoms with Crippen molar-refractivity contribution in [2.24, 2.45) is 5.92 Å². The van der Waals surface area contributed by atoms with Crippen LogP contribution >= 0.6 is 0 Å². The molecule has 1 unspecified atom stereocenters. The monoisotopic (exact) mass is 223 g/mol. The fourth-order valence-electron chi connectivity index (χ4n) is 1.37. The molecule has 0 aliphatic rings. The lowest BCUT2D eigenvalue weighted by Crippen LogP contribution is -2.27. The second-order valence-corrected chi connectivity index (χ2v) is 4.24. The third kappa shape index (κ3) is 4.75. The largest absolute Gasteiger partial charge is 0.383 e. The molecule has 1 rings (SSSR count). The highest BCUT2D eigenvalue weighted by Crippen LogP contribution is 2.12. The number of nitrogens with one attached hydrogen (secondary N) is 1. The fraction of sp³-hybridized carbons (Fsp3) is 0.538. The average molecular weight is 223 g/mol. The summed E-state index contributed by atoms with van der Waals surface area (Å²) < 4.78 is 5.17. The molecule has 0 fully saturated rings. The molecule has 0 aliphatic heterocycles. The zero-order valence-corrected chi connectivity index (χ0v) is 10.3. The highest BCUT2D eigenvalue weighted by Gasteiger charge is 2.10. The molecule has 1 aromatic rings. The fourth-order valence-corrected chi connectivity index (χ4v) is 1.37. The predicted molar refractivity (Wildman–Crippen MR) is 65.0 cm³/mol. The molecule has 1 N–H and O–H groups in total. The van der Waals surface area contributed by atoms with Crippen molar-refractivity contribution < 1.29 is 9.57 Å². The van der Waals surface area contributed by atoms with Crippen molar-refractivity contribution in [1.29, 1.82) is 0 Å². The molecule has 0 spiro atoms. The molecular formula is C13H21NO2. The number of hydrogen-bond donors (Lipinski definition) is 1. The number of hydroxylamine groups is 1. The van der Waals surface area contributed by atoms with Gasteiger partial charge in [0.1, 0.15) is 0 Å². The summed E-state index contributed by atoms with van der Waals surface area (Å²) >= 11 is 0. The second kappa shape index (κ2) is 7.39. The number of methoxy groups -OCH3 is 1. The Bertz CT molecular complexity index is 275. The Labute approximate surface area is 97.7 Å². The van der Waals surface area contributed by atoms with Gasteiger partial charge in [0.2, 0.25) is 0 Å². The summed E-state index contributed by atoms with van der Waals surface area (Å²) in [5.41, 5.74) is 4.22. The van der Waals surface area contributed by atoms with E-state index in [0.29, 0.717) is 19.1 Å². The van der Waals surface area contributed by atoms with Crippen LogP contribution in [0.25, 0.3) is 0 Å². The molecule has 3 heteroatoms. The van der Waals surface area contributed by atoms with Gasteiger partial charge >= 0.3 is 0 Å². The Balaban J connectivity index is 2.48. The average Bonchev–Trinajstić information content (AvgIpc) is 2.29. The van der Waals surface area contributed by atoms with Crippen molar-refractivity contribution in [2.75, 3.05) is 20.3 Å². The molecule has 0 bridgehead atoms. The minimum atomic E-state index is 0.0879. The van der Waals surface area contributed by atoms with Gasteiger partial charge in [-0.25, -0.2) is 0 Å². The molecule has 0 radical (unpaired) electrons. The molecule has 1 aromatic carbocycles. The van der Waals surface area contributed by atoms with E-state index in [4.69, 9.17) is 9.57 Å². The van der Waals surface area contributed by atoms with Crippen molar-refractivity contribution in [3.05, 3.63) is 35.9 Å². The number of rotatable bonds is 7. The van der Waals surface area contributed by atoms with Crippen molar-refractivity contribution in [1.82, 2.24) is 5.48 Å². The smallest absolute Gasteiger partial charge is 0.0805 e. The van der Waals surface area contributed by atoms with Gasteiger partial charge in [0.25, 0.3) is 0 Å². The third-order valence-corrected chi connectivity index (χ3v) is 2.18. The van der Waals surface area contributed by atoms with Gasteiger partial charge in [-0.15, -0.1) is 0 Å². The van der Waals surface area contributed by atoms with Gasteiger partial charge in [-0.3, -0.25) is 0 Å². The van der Waals surface area contributed by atoms with E-state index in [2.05, 4.69) is 31.5 Å². The molecular weight excluding hydrogens is 202 g/mol. The molecule has 0 aliphatic carbocycles. The second-order valence-electron chi connectivity index (χ2n) is 4.24. The normalized spacial score (nSPS) is 13.0. The van der Waals surface area contributed by atoms with Gasteiger partial charge < -0.3 is 9.57 Å². The van der Waals surface area contributed by atoms with Crippen molar-refractivity contribution in [3.8, 4) is 0 Å². The first-order chi connectivity index (χ1) is 7.74. The molecule has 3 nitrogen and oxygen atoms in total. The lowest BCUT2D eigenvalue weighted by Gasteiger charge is -2.18. The van der Waals surface area contributed by atoms with Crippen LogP contribution in [0.15, 0.2) is 30.3 Å². The van der Waals surface area contributed by atoms with Crippen LogP contribution < -0.4 is 5.48 Å². The SMILES string of the molecule is COCC(NOCC(C)C)c1ccccc1. The molecule has 0 saturated heterocycles. The highest BCUT2D eigenvalue weighted by atomic mass is 16.6. The maximum absolute atomic E-state index is 5.43. The zero-order chi connectivity index (χ0) is 11.8. The van der Waals surface area contributed by atoms with E-state index in [1.807, 2.05) is 18.2 Å². The van der Waals surface area contributed by atoms with Gasteiger partial charge in [0.15, 0.2) is 0 Å². The van der Waals surface area contributed by atoms with Gasteiger partial charge in [-0.1, -0.05) is 44.2 Å². The number of ether oxygens (including phenoxy) is 1. The van der Waals surface area contributed by atoms with Crippen LogP contribution in [0, 0.1) is 5.92 Å². The van der Waals surface area contributed by atoms with Crippen LogP contribution in [0.4, 0.5) is 0 Å². The molecule has 1 atom stereocenters. The maximum Gasteiger partial charge on any atom is 0.0805 e. The minimum Gasteiger partial charge on any atom is -0.383 e. The lowest BCUT2D eigenvalue weighted by atomic mass is 10.1. The molecule has 90 valence electrons. The molecule has 0 amide bonds. The first-order valence-electron chi connectivity index (χ1n) is 5.65. The van der Waals surface area contributed by atoms with Crippen LogP contribution in [-0.2, 0) is 9.57 Å². The molecule has 0 aromatic heterocycles.